The summed E-state index contributed by atoms with van der Waals surface area (Å²) in [4.78, 5) is 0. The molecule has 2 aromatic rings. The minimum absolute atomic E-state index is 0.435. The van der Waals surface area contributed by atoms with E-state index in [4.69, 9.17) is 0 Å². The molecule has 104 valence electrons. The molecule has 0 heterocycles. The SMILES string of the molecule is CC(C)c1cccc(NC2CCc3c(Br)cccc32)c1. The summed E-state index contributed by atoms with van der Waals surface area (Å²) in [5, 5.41) is 3.70. The van der Waals surface area contributed by atoms with Crippen molar-refractivity contribution in [2.24, 2.45) is 0 Å². The maximum absolute atomic E-state index is 3.70. The number of anilines is 1. The Hall–Kier alpha value is -1.28. The molecule has 1 aliphatic rings. The lowest BCUT2D eigenvalue weighted by Gasteiger charge is -2.17. The molecule has 0 amide bonds. The van der Waals surface area contributed by atoms with Crippen molar-refractivity contribution in [3.05, 3.63) is 63.6 Å². The van der Waals surface area contributed by atoms with Gasteiger partial charge in [-0.1, -0.05) is 54.0 Å². The third-order valence-electron chi connectivity index (χ3n) is 4.11. The summed E-state index contributed by atoms with van der Waals surface area (Å²) in [6, 6.07) is 15.8. The summed E-state index contributed by atoms with van der Waals surface area (Å²) in [5.74, 6) is 0.571. The Balaban J connectivity index is 1.84. The van der Waals surface area contributed by atoms with Gasteiger partial charge in [0.2, 0.25) is 0 Å². The van der Waals surface area contributed by atoms with Crippen molar-refractivity contribution in [3.8, 4) is 0 Å². The molecule has 20 heavy (non-hydrogen) atoms. The molecular formula is C18H20BrN. The van der Waals surface area contributed by atoms with Crippen LogP contribution in [0.3, 0.4) is 0 Å². The van der Waals surface area contributed by atoms with Gasteiger partial charge in [0, 0.05) is 10.2 Å². The number of benzene rings is 2. The molecule has 0 bridgehead atoms. The van der Waals surface area contributed by atoms with Crippen LogP contribution in [0.25, 0.3) is 0 Å². The zero-order chi connectivity index (χ0) is 14.1. The van der Waals surface area contributed by atoms with E-state index in [9.17, 15) is 0 Å². The Morgan fingerprint density at radius 2 is 1.95 bits per heavy atom. The van der Waals surface area contributed by atoms with E-state index in [1.807, 2.05) is 0 Å². The standard InChI is InChI=1S/C18H20BrN/c1-12(2)13-5-3-6-14(11-13)20-18-10-9-15-16(18)7-4-8-17(15)19/h3-8,11-12,18,20H,9-10H2,1-2H3. The molecular weight excluding hydrogens is 310 g/mol. The van der Waals surface area contributed by atoms with Gasteiger partial charge >= 0.3 is 0 Å². The van der Waals surface area contributed by atoms with E-state index in [0.29, 0.717) is 12.0 Å². The van der Waals surface area contributed by atoms with Crippen molar-refractivity contribution in [2.75, 3.05) is 5.32 Å². The van der Waals surface area contributed by atoms with E-state index in [0.717, 1.165) is 6.42 Å². The van der Waals surface area contributed by atoms with Gasteiger partial charge < -0.3 is 5.32 Å². The van der Waals surface area contributed by atoms with Gasteiger partial charge in [-0.05, 0) is 53.6 Å². The Kier molecular flexibility index (Phi) is 3.84. The number of fused-ring (bicyclic) bond motifs is 1. The maximum Gasteiger partial charge on any atom is 0.0520 e. The molecule has 1 N–H and O–H groups in total. The largest absolute Gasteiger partial charge is 0.378 e. The Labute approximate surface area is 129 Å². The Morgan fingerprint density at radius 1 is 1.15 bits per heavy atom. The lowest BCUT2D eigenvalue weighted by atomic mass is 10.0. The number of rotatable bonds is 3. The van der Waals surface area contributed by atoms with Crippen LogP contribution >= 0.6 is 15.9 Å². The molecule has 1 nitrogen and oxygen atoms in total. The fourth-order valence-electron chi connectivity index (χ4n) is 2.95. The van der Waals surface area contributed by atoms with Crippen molar-refractivity contribution < 1.29 is 0 Å². The lowest BCUT2D eigenvalue weighted by Crippen LogP contribution is -2.07. The normalized spacial score (nSPS) is 17.3. The van der Waals surface area contributed by atoms with Crippen molar-refractivity contribution in [1.29, 1.82) is 0 Å². The Bertz CT molecular complexity index is 619. The zero-order valence-electron chi connectivity index (χ0n) is 12.0. The molecule has 0 saturated carbocycles. The van der Waals surface area contributed by atoms with Crippen LogP contribution in [0, 0.1) is 0 Å². The summed E-state index contributed by atoms with van der Waals surface area (Å²) in [6.07, 6.45) is 2.32. The van der Waals surface area contributed by atoms with Gasteiger partial charge in [-0.3, -0.25) is 0 Å². The smallest absolute Gasteiger partial charge is 0.0520 e. The predicted octanol–water partition coefficient (Wildman–Crippen LogP) is 5.67. The molecule has 0 saturated heterocycles. The van der Waals surface area contributed by atoms with Crippen molar-refractivity contribution in [3.63, 3.8) is 0 Å². The van der Waals surface area contributed by atoms with Crippen molar-refractivity contribution >= 4 is 21.6 Å². The van der Waals surface area contributed by atoms with Gasteiger partial charge in [-0.15, -0.1) is 0 Å². The first kappa shape index (κ1) is 13.7. The highest BCUT2D eigenvalue weighted by molar-refractivity contribution is 9.10. The summed E-state index contributed by atoms with van der Waals surface area (Å²) in [7, 11) is 0. The van der Waals surface area contributed by atoms with Crippen LogP contribution in [0.4, 0.5) is 5.69 Å². The number of hydrogen-bond acceptors (Lipinski definition) is 1. The van der Waals surface area contributed by atoms with Gasteiger partial charge in [-0.2, -0.15) is 0 Å². The fraction of sp³-hybridized carbons (Fsp3) is 0.333. The van der Waals surface area contributed by atoms with E-state index in [1.165, 1.54) is 33.3 Å². The van der Waals surface area contributed by atoms with Crippen molar-refractivity contribution in [2.45, 2.75) is 38.6 Å². The molecule has 0 fully saturated rings. The van der Waals surface area contributed by atoms with Gasteiger partial charge in [-0.25, -0.2) is 0 Å². The van der Waals surface area contributed by atoms with Crippen LogP contribution in [0.2, 0.25) is 0 Å². The molecule has 0 spiro atoms. The van der Waals surface area contributed by atoms with Crippen LogP contribution in [0.15, 0.2) is 46.9 Å². The highest BCUT2D eigenvalue weighted by Gasteiger charge is 2.23. The molecule has 1 atom stereocenters. The van der Waals surface area contributed by atoms with Crippen LogP contribution in [-0.2, 0) is 6.42 Å². The topological polar surface area (TPSA) is 12.0 Å². The Morgan fingerprint density at radius 3 is 2.75 bits per heavy atom. The summed E-state index contributed by atoms with van der Waals surface area (Å²) in [6.45, 7) is 4.47. The number of hydrogen-bond donors (Lipinski definition) is 1. The van der Waals surface area contributed by atoms with Crippen LogP contribution in [0.1, 0.15) is 48.9 Å². The van der Waals surface area contributed by atoms with Crippen LogP contribution in [-0.4, -0.2) is 0 Å². The highest BCUT2D eigenvalue weighted by Crippen LogP contribution is 2.37. The average molecular weight is 330 g/mol. The highest BCUT2D eigenvalue weighted by atomic mass is 79.9. The van der Waals surface area contributed by atoms with E-state index >= 15 is 0 Å². The van der Waals surface area contributed by atoms with Gasteiger partial charge in [0.05, 0.1) is 6.04 Å². The zero-order valence-corrected chi connectivity index (χ0v) is 13.6. The van der Waals surface area contributed by atoms with Gasteiger partial charge in [0.25, 0.3) is 0 Å². The van der Waals surface area contributed by atoms with Crippen molar-refractivity contribution in [1.82, 2.24) is 0 Å². The third kappa shape index (κ3) is 2.62. The molecule has 2 aromatic carbocycles. The third-order valence-corrected chi connectivity index (χ3v) is 4.85. The number of halogens is 1. The minimum atomic E-state index is 0.435. The predicted molar refractivity (Wildman–Crippen MR) is 89.4 cm³/mol. The molecule has 0 aromatic heterocycles. The monoisotopic (exact) mass is 329 g/mol. The molecule has 2 heteroatoms. The lowest BCUT2D eigenvalue weighted by molar-refractivity contribution is 0.761. The van der Waals surface area contributed by atoms with Gasteiger partial charge in [0.1, 0.15) is 0 Å². The number of nitrogens with one attached hydrogen (secondary N) is 1. The molecule has 3 rings (SSSR count). The minimum Gasteiger partial charge on any atom is -0.378 e. The molecule has 1 aliphatic carbocycles. The first-order chi connectivity index (χ1) is 9.65. The van der Waals surface area contributed by atoms with Crippen LogP contribution in [0.5, 0.6) is 0 Å². The van der Waals surface area contributed by atoms with E-state index in [2.05, 4.69) is 77.6 Å². The maximum atomic E-state index is 3.70. The second-order valence-electron chi connectivity index (χ2n) is 5.82. The van der Waals surface area contributed by atoms with E-state index in [1.54, 1.807) is 0 Å². The second kappa shape index (κ2) is 5.61. The molecule has 1 unspecified atom stereocenters. The average Bonchev–Trinajstić information content (AvgIpc) is 2.84. The first-order valence-corrected chi connectivity index (χ1v) is 8.08. The summed E-state index contributed by atoms with van der Waals surface area (Å²) in [5.41, 5.74) is 5.52. The van der Waals surface area contributed by atoms with Crippen LogP contribution < -0.4 is 5.32 Å². The molecule has 0 aliphatic heterocycles. The van der Waals surface area contributed by atoms with E-state index < -0.39 is 0 Å². The quantitative estimate of drug-likeness (QED) is 0.764. The van der Waals surface area contributed by atoms with E-state index in [-0.39, 0.29) is 0 Å². The first-order valence-electron chi connectivity index (χ1n) is 7.29. The molecule has 0 radical (unpaired) electrons. The fourth-order valence-corrected chi connectivity index (χ4v) is 3.53. The van der Waals surface area contributed by atoms with Gasteiger partial charge in [0.15, 0.2) is 0 Å². The summed E-state index contributed by atoms with van der Waals surface area (Å²) >= 11 is 3.66. The second-order valence-corrected chi connectivity index (χ2v) is 6.68. The summed E-state index contributed by atoms with van der Waals surface area (Å²) < 4.78 is 1.25.